The van der Waals surface area contributed by atoms with Crippen LogP contribution >= 0.6 is 0 Å². The summed E-state index contributed by atoms with van der Waals surface area (Å²) in [6.45, 7) is 6.20. The van der Waals surface area contributed by atoms with E-state index in [1.165, 1.54) is 22.5 Å². The molecule has 1 N–H and O–H groups in total. The fourth-order valence-electron chi connectivity index (χ4n) is 4.68. The van der Waals surface area contributed by atoms with Crippen molar-refractivity contribution in [1.29, 1.82) is 0 Å². The van der Waals surface area contributed by atoms with Crippen molar-refractivity contribution in [3.8, 4) is 0 Å². The fraction of sp³-hybridized carbons (Fsp3) is 0.650. The number of aliphatic hydroxyl groups excluding tert-OH is 1. The molecule has 1 aromatic rings. The van der Waals surface area contributed by atoms with Crippen LogP contribution in [0.5, 0.6) is 0 Å². The Morgan fingerprint density at radius 1 is 1.33 bits per heavy atom. The molecule has 0 radical (unpaired) electrons. The number of rotatable bonds is 3. The van der Waals surface area contributed by atoms with Gasteiger partial charge in [0.25, 0.3) is 0 Å². The standard InChI is InChI=1S/C20H27NO3/c1-12-15(13(2)24-21-12)6-4-14-5-7-16-17-8-9-19(22)20(17,3)11-10-18(16)23-14/h8,14,19,22H,4-7,9-11H2,1-3H3. The summed E-state index contributed by atoms with van der Waals surface area (Å²) >= 11 is 0. The number of nitrogens with zero attached hydrogens (tertiary/aromatic N) is 1. The Bertz CT molecular complexity index is 695. The Labute approximate surface area is 143 Å². The van der Waals surface area contributed by atoms with E-state index in [4.69, 9.17) is 9.26 Å². The largest absolute Gasteiger partial charge is 0.494 e. The van der Waals surface area contributed by atoms with Gasteiger partial charge in [-0.1, -0.05) is 18.2 Å². The zero-order valence-electron chi connectivity index (χ0n) is 14.9. The summed E-state index contributed by atoms with van der Waals surface area (Å²) in [6.07, 6.45) is 9.17. The quantitative estimate of drug-likeness (QED) is 0.905. The molecule has 0 aromatic carbocycles. The van der Waals surface area contributed by atoms with Gasteiger partial charge in [-0.25, -0.2) is 0 Å². The van der Waals surface area contributed by atoms with Crippen LogP contribution in [-0.4, -0.2) is 22.5 Å². The van der Waals surface area contributed by atoms with Crippen molar-refractivity contribution in [3.63, 3.8) is 0 Å². The monoisotopic (exact) mass is 329 g/mol. The maximum absolute atomic E-state index is 10.3. The normalized spacial score (nSPS) is 32.2. The van der Waals surface area contributed by atoms with Crippen molar-refractivity contribution in [3.05, 3.63) is 40.0 Å². The number of aliphatic hydroxyl groups is 1. The SMILES string of the molecule is Cc1noc(C)c1CCC1CCC2=C(CCC3(C)C2=CCC3O)O1. The Morgan fingerprint density at radius 2 is 2.17 bits per heavy atom. The lowest BCUT2D eigenvalue weighted by Crippen LogP contribution is -2.35. The first kappa shape index (κ1) is 15.9. The van der Waals surface area contributed by atoms with Gasteiger partial charge in [-0.3, -0.25) is 0 Å². The topological polar surface area (TPSA) is 55.5 Å². The van der Waals surface area contributed by atoms with Crippen LogP contribution in [0.25, 0.3) is 0 Å². The molecule has 2 aliphatic carbocycles. The van der Waals surface area contributed by atoms with Crippen LogP contribution in [0.4, 0.5) is 0 Å². The lowest BCUT2D eigenvalue weighted by Gasteiger charge is -2.41. The minimum absolute atomic E-state index is 0.0499. The van der Waals surface area contributed by atoms with Gasteiger partial charge < -0.3 is 14.4 Å². The van der Waals surface area contributed by atoms with Gasteiger partial charge in [0.05, 0.1) is 23.7 Å². The van der Waals surface area contributed by atoms with Gasteiger partial charge in [0, 0.05) is 17.4 Å². The first-order valence-corrected chi connectivity index (χ1v) is 9.18. The van der Waals surface area contributed by atoms with Crippen molar-refractivity contribution < 1.29 is 14.4 Å². The molecule has 4 heteroatoms. The Kier molecular flexibility index (Phi) is 3.83. The van der Waals surface area contributed by atoms with Crippen LogP contribution in [0.1, 0.15) is 62.5 Å². The summed E-state index contributed by atoms with van der Waals surface area (Å²) in [7, 11) is 0. The highest BCUT2D eigenvalue weighted by molar-refractivity contribution is 5.45. The molecule has 0 fully saturated rings. The summed E-state index contributed by atoms with van der Waals surface area (Å²) in [6, 6.07) is 0. The number of hydrogen-bond donors (Lipinski definition) is 1. The van der Waals surface area contributed by atoms with Crippen molar-refractivity contribution >= 4 is 0 Å². The Hall–Kier alpha value is -1.55. The molecular formula is C20H27NO3. The Morgan fingerprint density at radius 3 is 2.92 bits per heavy atom. The van der Waals surface area contributed by atoms with Crippen LogP contribution in [-0.2, 0) is 11.2 Å². The zero-order chi connectivity index (χ0) is 16.9. The molecule has 1 aromatic heterocycles. The molecule has 1 aliphatic heterocycles. The van der Waals surface area contributed by atoms with Crippen LogP contribution in [0, 0.1) is 19.3 Å². The van der Waals surface area contributed by atoms with E-state index in [2.05, 4.69) is 18.2 Å². The van der Waals surface area contributed by atoms with Crippen LogP contribution in [0.15, 0.2) is 27.5 Å². The van der Waals surface area contributed by atoms with E-state index < -0.39 is 0 Å². The smallest absolute Gasteiger partial charge is 0.137 e. The van der Waals surface area contributed by atoms with E-state index in [-0.39, 0.29) is 17.6 Å². The molecule has 3 atom stereocenters. The lowest BCUT2D eigenvalue weighted by atomic mass is 9.69. The second kappa shape index (κ2) is 5.76. The van der Waals surface area contributed by atoms with Crippen LogP contribution < -0.4 is 0 Å². The molecule has 2 heterocycles. The highest BCUT2D eigenvalue weighted by Gasteiger charge is 2.46. The molecule has 0 spiro atoms. The number of aromatic nitrogens is 1. The molecule has 0 saturated heterocycles. The van der Waals surface area contributed by atoms with Gasteiger partial charge >= 0.3 is 0 Å². The molecular weight excluding hydrogens is 302 g/mol. The predicted octanol–water partition coefficient (Wildman–Crippen LogP) is 4.15. The molecule has 24 heavy (non-hydrogen) atoms. The number of hydrogen-bond acceptors (Lipinski definition) is 4. The second-order valence-corrected chi connectivity index (χ2v) is 7.81. The van der Waals surface area contributed by atoms with Crippen molar-refractivity contribution in [2.45, 2.75) is 77.9 Å². The molecule has 0 saturated carbocycles. The maximum Gasteiger partial charge on any atom is 0.137 e. The average molecular weight is 329 g/mol. The zero-order valence-corrected chi connectivity index (χ0v) is 14.9. The highest BCUT2D eigenvalue weighted by atomic mass is 16.5. The van der Waals surface area contributed by atoms with Gasteiger partial charge in [-0.15, -0.1) is 0 Å². The molecule has 4 rings (SSSR count). The third kappa shape index (κ3) is 2.43. The average Bonchev–Trinajstić information content (AvgIpc) is 3.05. The van der Waals surface area contributed by atoms with Crippen molar-refractivity contribution in [1.82, 2.24) is 5.16 Å². The third-order valence-corrected chi connectivity index (χ3v) is 6.35. The predicted molar refractivity (Wildman–Crippen MR) is 91.5 cm³/mol. The molecule has 0 bridgehead atoms. The van der Waals surface area contributed by atoms with E-state index in [0.29, 0.717) is 0 Å². The first-order chi connectivity index (χ1) is 11.5. The lowest BCUT2D eigenvalue weighted by molar-refractivity contribution is 0.0394. The van der Waals surface area contributed by atoms with Crippen molar-refractivity contribution in [2.75, 3.05) is 0 Å². The summed E-state index contributed by atoms with van der Waals surface area (Å²) < 4.78 is 11.6. The van der Waals surface area contributed by atoms with Gasteiger partial charge in [-0.05, 0) is 63.5 Å². The molecule has 130 valence electrons. The number of aryl methyl sites for hydroxylation is 2. The minimum atomic E-state index is -0.223. The summed E-state index contributed by atoms with van der Waals surface area (Å²) in [4.78, 5) is 0. The molecule has 3 unspecified atom stereocenters. The minimum Gasteiger partial charge on any atom is -0.494 e. The molecule has 4 nitrogen and oxygen atoms in total. The summed E-state index contributed by atoms with van der Waals surface area (Å²) in [5.41, 5.74) is 4.93. The Balaban J connectivity index is 1.46. The van der Waals surface area contributed by atoms with Gasteiger partial charge in [-0.2, -0.15) is 0 Å². The first-order valence-electron chi connectivity index (χ1n) is 9.18. The summed E-state index contributed by atoms with van der Waals surface area (Å²) in [5.74, 6) is 2.12. The van der Waals surface area contributed by atoms with E-state index in [1.54, 1.807) is 0 Å². The number of allylic oxidation sites excluding steroid dienone is 2. The maximum atomic E-state index is 10.3. The third-order valence-electron chi connectivity index (χ3n) is 6.35. The van der Waals surface area contributed by atoms with Gasteiger partial charge in [0.1, 0.15) is 5.76 Å². The highest BCUT2D eigenvalue weighted by Crippen LogP contribution is 2.53. The second-order valence-electron chi connectivity index (χ2n) is 7.81. The molecule has 0 amide bonds. The van der Waals surface area contributed by atoms with Crippen LogP contribution in [0.2, 0.25) is 0 Å². The number of ether oxygens (including phenoxy) is 1. The van der Waals surface area contributed by atoms with E-state index in [9.17, 15) is 5.11 Å². The van der Waals surface area contributed by atoms with Gasteiger partial charge in [0.15, 0.2) is 0 Å². The van der Waals surface area contributed by atoms with Crippen molar-refractivity contribution in [2.24, 2.45) is 5.41 Å². The van der Waals surface area contributed by atoms with Crippen LogP contribution in [0.3, 0.4) is 0 Å². The fourth-order valence-corrected chi connectivity index (χ4v) is 4.68. The van der Waals surface area contributed by atoms with E-state index in [0.717, 1.165) is 56.4 Å². The van der Waals surface area contributed by atoms with E-state index >= 15 is 0 Å². The van der Waals surface area contributed by atoms with Gasteiger partial charge in [0.2, 0.25) is 0 Å². The van der Waals surface area contributed by atoms with E-state index in [1.807, 2.05) is 13.8 Å². The summed E-state index contributed by atoms with van der Waals surface area (Å²) in [5, 5.41) is 14.4. The number of fused-ring (bicyclic) bond motifs is 2. The molecule has 3 aliphatic rings.